The first-order valence-electron chi connectivity index (χ1n) is 6.64. The minimum Gasteiger partial charge on any atom is -0.325 e. The molecule has 1 aromatic carbocycles. The van der Waals surface area contributed by atoms with Gasteiger partial charge in [-0.15, -0.1) is 5.10 Å². The van der Waals surface area contributed by atoms with E-state index in [2.05, 4.69) is 17.2 Å². The molecule has 2 N–H and O–H groups in total. The Kier molecular flexibility index (Phi) is 4.63. The summed E-state index contributed by atoms with van der Waals surface area (Å²) >= 11 is 0. The minimum atomic E-state index is -0.262. The molecule has 0 radical (unpaired) electrons. The van der Waals surface area contributed by atoms with Crippen LogP contribution in [0.3, 0.4) is 0 Å². The Hall–Kier alpha value is -1.75. The third kappa shape index (κ3) is 3.17. The summed E-state index contributed by atoms with van der Waals surface area (Å²) in [4.78, 5) is 0. The monoisotopic (exact) mass is 262 g/mol. The van der Waals surface area contributed by atoms with Crippen molar-refractivity contribution in [3.63, 3.8) is 0 Å². The number of nitrogens with two attached hydrogens (primary N) is 1. The summed E-state index contributed by atoms with van der Waals surface area (Å²) in [6.45, 7) is 3.24. The average molecular weight is 262 g/mol. The van der Waals surface area contributed by atoms with E-state index in [1.807, 2.05) is 10.7 Å². The van der Waals surface area contributed by atoms with Gasteiger partial charge in [0.05, 0.1) is 5.69 Å². The Labute approximate surface area is 112 Å². The molecule has 0 aliphatic carbocycles. The maximum absolute atomic E-state index is 13.4. The molecule has 2 aromatic rings. The molecule has 0 saturated heterocycles. The van der Waals surface area contributed by atoms with Crippen LogP contribution >= 0.6 is 0 Å². The van der Waals surface area contributed by atoms with Crippen LogP contribution in [0.5, 0.6) is 0 Å². The van der Waals surface area contributed by atoms with Gasteiger partial charge in [0, 0.05) is 18.7 Å². The smallest absolute Gasteiger partial charge is 0.123 e. The van der Waals surface area contributed by atoms with Gasteiger partial charge >= 0.3 is 0 Å². The number of hydrogen-bond acceptors (Lipinski definition) is 3. The topological polar surface area (TPSA) is 56.7 Å². The lowest BCUT2D eigenvalue weighted by atomic mass is 10.1. The molecule has 0 fully saturated rings. The third-order valence-electron chi connectivity index (χ3n) is 3.07. The normalized spacial score (nSPS) is 10.9. The number of aromatic nitrogens is 3. The molecule has 0 unspecified atom stereocenters. The van der Waals surface area contributed by atoms with Crippen LogP contribution in [0.25, 0.3) is 11.3 Å². The van der Waals surface area contributed by atoms with Crippen LogP contribution < -0.4 is 5.73 Å². The van der Waals surface area contributed by atoms with Gasteiger partial charge in [-0.25, -0.2) is 9.07 Å². The fourth-order valence-corrected chi connectivity index (χ4v) is 2.11. The average Bonchev–Trinajstić information content (AvgIpc) is 2.82. The highest BCUT2D eigenvalue weighted by Gasteiger charge is 2.14. The Morgan fingerprint density at radius 1 is 1.32 bits per heavy atom. The van der Waals surface area contributed by atoms with Crippen LogP contribution in [0, 0.1) is 5.82 Å². The van der Waals surface area contributed by atoms with Gasteiger partial charge in [0.15, 0.2) is 0 Å². The van der Waals surface area contributed by atoms with E-state index in [0.717, 1.165) is 37.1 Å². The van der Waals surface area contributed by atoms with E-state index >= 15 is 0 Å². The van der Waals surface area contributed by atoms with Gasteiger partial charge in [0.1, 0.15) is 11.5 Å². The first kappa shape index (κ1) is 13.7. The minimum absolute atomic E-state index is 0.262. The standard InChI is InChI=1S/C14H19FN4/c1-2-3-4-8-19-14(13(10-16)17-18-19)11-6-5-7-12(15)9-11/h5-7,9H,2-4,8,10,16H2,1H3. The number of halogens is 1. The SMILES string of the molecule is CCCCCn1nnc(CN)c1-c1cccc(F)c1. The summed E-state index contributed by atoms with van der Waals surface area (Å²) in [6, 6.07) is 6.47. The lowest BCUT2D eigenvalue weighted by Gasteiger charge is -2.07. The lowest BCUT2D eigenvalue weighted by Crippen LogP contribution is -2.05. The van der Waals surface area contributed by atoms with E-state index in [1.165, 1.54) is 12.1 Å². The van der Waals surface area contributed by atoms with Gasteiger partial charge in [-0.05, 0) is 18.6 Å². The Bertz CT molecular complexity index is 536. The highest BCUT2D eigenvalue weighted by molar-refractivity contribution is 5.61. The first-order chi connectivity index (χ1) is 9.26. The summed E-state index contributed by atoms with van der Waals surface area (Å²) in [7, 11) is 0. The molecule has 5 heteroatoms. The molecule has 0 bridgehead atoms. The van der Waals surface area contributed by atoms with Crippen molar-refractivity contribution in [2.24, 2.45) is 5.73 Å². The number of rotatable bonds is 6. The second kappa shape index (κ2) is 6.43. The second-order valence-electron chi connectivity index (χ2n) is 4.53. The first-order valence-corrected chi connectivity index (χ1v) is 6.64. The highest BCUT2D eigenvalue weighted by Crippen LogP contribution is 2.23. The van der Waals surface area contributed by atoms with Gasteiger partial charge in [0.2, 0.25) is 0 Å². The van der Waals surface area contributed by atoms with E-state index in [-0.39, 0.29) is 5.82 Å². The van der Waals surface area contributed by atoms with Crippen LogP contribution in [0.15, 0.2) is 24.3 Å². The van der Waals surface area contributed by atoms with Crippen LogP contribution in [-0.2, 0) is 13.1 Å². The van der Waals surface area contributed by atoms with Gasteiger partial charge in [-0.3, -0.25) is 0 Å². The molecule has 1 heterocycles. The molecular weight excluding hydrogens is 243 g/mol. The molecule has 0 saturated carbocycles. The van der Waals surface area contributed by atoms with Gasteiger partial charge in [0.25, 0.3) is 0 Å². The number of hydrogen-bond donors (Lipinski definition) is 1. The number of benzene rings is 1. The van der Waals surface area contributed by atoms with Crippen molar-refractivity contribution in [2.75, 3.05) is 0 Å². The van der Waals surface area contributed by atoms with Crippen molar-refractivity contribution in [3.8, 4) is 11.3 Å². The molecule has 0 aliphatic rings. The van der Waals surface area contributed by atoms with E-state index in [0.29, 0.717) is 12.2 Å². The quantitative estimate of drug-likeness (QED) is 0.814. The number of nitrogens with zero attached hydrogens (tertiary/aromatic N) is 3. The molecule has 0 atom stereocenters. The Morgan fingerprint density at radius 3 is 2.84 bits per heavy atom. The van der Waals surface area contributed by atoms with Gasteiger partial charge in [-0.1, -0.05) is 37.1 Å². The third-order valence-corrected chi connectivity index (χ3v) is 3.07. The molecule has 1 aromatic heterocycles. The zero-order valence-corrected chi connectivity index (χ0v) is 11.1. The van der Waals surface area contributed by atoms with Crippen LogP contribution in [0.1, 0.15) is 31.9 Å². The maximum Gasteiger partial charge on any atom is 0.123 e. The largest absolute Gasteiger partial charge is 0.325 e. The second-order valence-corrected chi connectivity index (χ2v) is 4.53. The van der Waals surface area contributed by atoms with Crippen LogP contribution in [0.4, 0.5) is 4.39 Å². The van der Waals surface area contributed by atoms with Gasteiger partial charge < -0.3 is 5.73 Å². The molecule has 0 spiro atoms. The molecular formula is C14H19FN4. The predicted molar refractivity (Wildman–Crippen MR) is 72.8 cm³/mol. The van der Waals surface area contributed by atoms with E-state index < -0.39 is 0 Å². The van der Waals surface area contributed by atoms with Crippen molar-refractivity contribution >= 4 is 0 Å². The fourth-order valence-electron chi connectivity index (χ4n) is 2.11. The van der Waals surface area contributed by atoms with Crippen LogP contribution in [-0.4, -0.2) is 15.0 Å². The van der Waals surface area contributed by atoms with Crippen LogP contribution in [0.2, 0.25) is 0 Å². The summed E-state index contributed by atoms with van der Waals surface area (Å²) in [6.07, 6.45) is 3.32. The van der Waals surface area contributed by atoms with E-state index in [9.17, 15) is 4.39 Å². The zero-order valence-electron chi connectivity index (χ0n) is 11.1. The number of aryl methyl sites for hydroxylation is 1. The molecule has 0 amide bonds. The summed E-state index contributed by atoms with van der Waals surface area (Å²) in [5.74, 6) is -0.262. The zero-order chi connectivity index (χ0) is 13.7. The lowest BCUT2D eigenvalue weighted by molar-refractivity contribution is 0.541. The maximum atomic E-state index is 13.4. The van der Waals surface area contributed by atoms with Gasteiger partial charge in [-0.2, -0.15) is 0 Å². The van der Waals surface area contributed by atoms with Crippen molar-refractivity contribution in [1.29, 1.82) is 0 Å². The summed E-state index contributed by atoms with van der Waals surface area (Å²) in [5, 5.41) is 8.21. The van der Waals surface area contributed by atoms with Crippen molar-refractivity contribution in [2.45, 2.75) is 39.3 Å². The highest BCUT2D eigenvalue weighted by atomic mass is 19.1. The Morgan fingerprint density at radius 2 is 2.16 bits per heavy atom. The van der Waals surface area contributed by atoms with Crippen molar-refractivity contribution in [1.82, 2.24) is 15.0 Å². The Balaban J connectivity index is 2.33. The van der Waals surface area contributed by atoms with E-state index in [1.54, 1.807) is 6.07 Å². The van der Waals surface area contributed by atoms with Crippen molar-refractivity contribution in [3.05, 3.63) is 35.8 Å². The molecule has 19 heavy (non-hydrogen) atoms. The molecule has 0 aliphatic heterocycles. The molecule has 4 nitrogen and oxygen atoms in total. The van der Waals surface area contributed by atoms with Crippen molar-refractivity contribution < 1.29 is 4.39 Å². The summed E-state index contributed by atoms with van der Waals surface area (Å²) < 4.78 is 15.2. The predicted octanol–water partition coefficient (Wildman–Crippen LogP) is 2.73. The van der Waals surface area contributed by atoms with E-state index in [4.69, 9.17) is 5.73 Å². The molecule has 2 rings (SSSR count). The summed E-state index contributed by atoms with van der Waals surface area (Å²) in [5.41, 5.74) is 8.01. The fraction of sp³-hybridized carbons (Fsp3) is 0.429. The number of unbranched alkanes of at least 4 members (excludes halogenated alkanes) is 2. The molecule has 102 valence electrons.